The maximum Gasteiger partial charge on any atom is 0.313 e. The average Bonchev–Trinajstić information content (AvgIpc) is 3.53. The normalized spacial score (nSPS) is 13.2. The number of halogens is 2. The summed E-state index contributed by atoms with van der Waals surface area (Å²) in [6.45, 7) is 3.16. The quantitative estimate of drug-likeness (QED) is 0.141. The zero-order valence-corrected chi connectivity index (χ0v) is 23.6. The van der Waals surface area contributed by atoms with Gasteiger partial charge in [0.2, 0.25) is 11.6 Å². The van der Waals surface area contributed by atoms with Gasteiger partial charge in [-0.15, -0.1) is 0 Å². The zero-order valence-electron chi connectivity index (χ0n) is 22.8. The van der Waals surface area contributed by atoms with E-state index >= 15 is 0 Å². The summed E-state index contributed by atoms with van der Waals surface area (Å²) >= 11 is 5.90. The van der Waals surface area contributed by atoms with Crippen LogP contribution in [0.25, 0.3) is 22.8 Å². The minimum atomic E-state index is -0.570. The van der Waals surface area contributed by atoms with Crippen LogP contribution in [0.2, 0.25) is 5.02 Å². The van der Waals surface area contributed by atoms with Gasteiger partial charge in [0.15, 0.2) is 11.5 Å². The van der Waals surface area contributed by atoms with E-state index in [0.29, 0.717) is 22.7 Å². The molecule has 218 valence electrons. The van der Waals surface area contributed by atoms with Gasteiger partial charge >= 0.3 is 5.69 Å². The summed E-state index contributed by atoms with van der Waals surface area (Å²) in [4.78, 5) is 24.4. The Labute approximate surface area is 250 Å². The number of nitrogens with zero attached hydrogens (tertiary/aromatic N) is 6. The van der Waals surface area contributed by atoms with Crippen molar-refractivity contribution in [1.82, 2.24) is 15.1 Å². The minimum absolute atomic E-state index is 0.0197. The Hall–Kier alpha value is -5.23. The second-order valence-electron chi connectivity index (χ2n) is 9.62. The Morgan fingerprint density at radius 2 is 1.63 bits per heavy atom. The summed E-state index contributed by atoms with van der Waals surface area (Å²) in [5, 5.41) is 15.8. The highest BCUT2D eigenvalue weighted by Crippen LogP contribution is 2.39. The molecule has 1 aliphatic heterocycles. The number of nitro benzene ring substituents is 1. The third-order valence-corrected chi connectivity index (χ3v) is 7.21. The number of aromatic nitrogens is 3. The van der Waals surface area contributed by atoms with E-state index in [-0.39, 0.29) is 33.9 Å². The molecule has 0 radical (unpaired) electrons. The summed E-state index contributed by atoms with van der Waals surface area (Å²) in [6.07, 6.45) is 1.70. The number of ether oxygens (including phenoxy) is 2. The summed E-state index contributed by atoms with van der Waals surface area (Å²) < 4.78 is 30.0. The number of methoxy groups -OCH3 is 1. The van der Waals surface area contributed by atoms with Gasteiger partial charge < -0.3 is 23.8 Å². The molecule has 0 atom stereocenters. The molecular weight excluding hydrogens is 579 g/mol. The molecule has 3 aromatic carbocycles. The van der Waals surface area contributed by atoms with Gasteiger partial charge in [-0.25, -0.2) is 9.37 Å². The molecule has 5 aromatic rings. The lowest BCUT2D eigenvalue weighted by atomic mass is 10.2. The molecule has 1 saturated heterocycles. The fraction of sp³-hybridized carbons (Fsp3) is 0.167. The van der Waals surface area contributed by atoms with Gasteiger partial charge in [0, 0.05) is 60.3 Å². The van der Waals surface area contributed by atoms with Crippen molar-refractivity contribution in [1.29, 1.82) is 0 Å². The van der Waals surface area contributed by atoms with Gasteiger partial charge in [-0.05, 0) is 66.7 Å². The van der Waals surface area contributed by atoms with Gasteiger partial charge in [0.05, 0.1) is 12.0 Å². The van der Waals surface area contributed by atoms with Crippen molar-refractivity contribution in [2.24, 2.45) is 0 Å². The topological polar surface area (TPSA) is 120 Å². The summed E-state index contributed by atoms with van der Waals surface area (Å²) in [5.74, 6) is 1.80. The van der Waals surface area contributed by atoms with E-state index < -0.39 is 4.92 Å². The Balaban J connectivity index is 1.13. The van der Waals surface area contributed by atoms with E-state index in [9.17, 15) is 14.5 Å². The Kier molecular flexibility index (Phi) is 7.75. The number of anilines is 2. The smallest absolute Gasteiger partial charge is 0.313 e. The first kappa shape index (κ1) is 27.9. The van der Waals surface area contributed by atoms with Crippen LogP contribution in [0.5, 0.6) is 17.2 Å². The van der Waals surface area contributed by atoms with E-state index in [2.05, 4.69) is 24.9 Å². The van der Waals surface area contributed by atoms with Crippen LogP contribution in [0, 0.1) is 15.9 Å². The maximum absolute atomic E-state index is 13.3. The maximum atomic E-state index is 13.3. The second kappa shape index (κ2) is 11.9. The molecule has 1 aliphatic rings. The van der Waals surface area contributed by atoms with Crippen LogP contribution in [0.4, 0.5) is 21.6 Å². The number of nitro groups is 1. The molecular formula is C30H24ClFN6O5. The number of rotatable bonds is 8. The van der Waals surface area contributed by atoms with Gasteiger partial charge in [-0.1, -0.05) is 16.8 Å². The number of hydrogen-bond donors (Lipinski definition) is 0. The predicted molar refractivity (Wildman–Crippen MR) is 159 cm³/mol. The number of benzene rings is 3. The van der Waals surface area contributed by atoms with E-state index in [1.165, 1.54) is 37.4 Å². The lowest BCUT2D eigenvalue weighted by molar-refractivity contribution is -0.385. The molecule has 0 N–H and O–H groups in total. The molecule has 2 aromatic heterocycles. The van der Waals surface area contributed by atoms with E-state index in [1.54, 1.807) is 36.5 Å². The van der Waals surface area contributed by atoms with Crippen LogP contribution in [0.3, 0.4) is 0 Å². The first-order valence-corrected chi connectivity index (χ1v) is 13.6. The molecule has 11 nitrogen and oxygen atoms in total. The number of hydrogen-bond acceptors (Lipinski definition) is 10. The number of piperazine rings is 1. The lowest BCUT2D eigenvalue weighted by Gasteiger charge is -2.36. The standard InChI is InChI=1S/C30H24ClFN6O5/c1-41-27-16-19(2-9-26(27)42-25-10-4-21(31)17-24(25)38(39)40)30-34-29(35-43-30)20-3-11-28(33-18-20)37-14-12-36(13-15-37)23-7-5-22(32)6-8-23/h2-11,16-18H,12-15H2,1H3. The SMILES string of the molecule is COc1cc(-c2nc(-c3ccc(N4CCN(c5ccc(F)cc5)CC4)nc3)no2)ccc1Oc1ccc(Cl)cc1[N+](=O)[O-]. The molecule has 0 amide bonds. The third kappa shape index (κ3) is 6.04. The van der Waals surface area contributed by atoms with E-state index in [1.807, 2.05) is 12.1 Å². The predicted octanol–water partition coefficient (Wildman–Crippen LogP) is 6.63. The third-order valence-electron chi connectivity index (χ3n) is 6.98. The van der Waals surface area contributed by atoms with Gasteiger partial charge in [-0.2, -0.15) is 4.98 Å². The largest absolute Gasteiger partial charge is 0.493 e. The highest BCUT2D eigenvalue weighted by atomic mass is 35.5. The van der Waals surface area contributed by atoms with Gasteiger partial charge in [-0.3, -0.25) is 10.1 Å². The fourth-order valence-corrected chi connectivity index (χ4v) is 4.90. The molecule has 0 unspecified atom stereocenters. The molecule has 0 saturated carbocycles. The van der Waals surface area contributed by atoms with Gasteiger partial charge in [0.1, 0.15) is 11.6 Å². The first-order chi connectivity index (χ1) is 20.9. The number of pyridine rings is 1. The van der Waals surface area contributed by atoms with Crippen molar-refractivity contribution < 1.29 is 23.3 Å². The fourth-order valence-electron chi connectivity index (χ4n) is 4.73. The van der Waals surface area contributed by atoms with E-state index in [0.717, 1.165) is 37.7 Å². The highest BCUT2D eigenvalue weighted by Gasteiger charge is 2.21. The average molecular weight is 603 g/mol. The van der Waals surface area contributed by atoms with Crippen molar-refractivity contribution >= 4 is 28.8 Å². The summed E-state index contributed by atoms with van der Waals surface area (Å²) in [6, 6.07) is 19.4. The van der Waals surface area contributed by atoms with Crippen LogP contribution in [-0.4, -0.2) is 53.3 Å². The second-order valence-corrected chi connectivity index (χ2v) is 10.1. The van der Waals surface area contributed by atoms with Crippen LogP contribution in [0.15, 0.2) is 83.5 Å². The van der Waals surface area contributed by atoms with Gasteiger partial charge in [0.25, 0.3) is 5.89 Å². The molecule has 0 aliphatic carbocycles. The highest BCUT2D eigenvalue weighted by molar-refractivity contribution is 6.30. The molecule has 0 spiro atoms. The molecule has 43 heavy (non-hydrogen) atoms. The van der Waals surface area contributed by atoms with E-state index in [4.69, 9.17) is 25.6 Å². The van der Waals surface area contributed by atoms with Crippen LogP contribution >= 0.6 is 11.6 Å². The van der Waals surface area contributed by atoms with Crippen molar-refractivity contribution in [3.63, 3.8) is 0 Å². The van der Waals surface area contributed by atoms with Crippen LogP contribution in [0.1, 0.15) is 0 Å². The Morgan fingerprint density at radius 1 is 0.907 bits per heavy atom. The summed E-state index contributed by atoms with van der Waals surface area (Å²) in [7, 11) is 1.46. The lowest BCUT2D eigenvalue weighted by Crippen LogP contribution is -2.46. The molecule has 13 heteroatoms. The van der Waals surface area contributed by atoms with Crippen molar-refractivity contribution in [3.05, 3.63) is 99.9 Å². The minimum Gasteiger partial charge on any atom is -0.493 e. The Bertz CT molecular complexity index is 1760. The monoisotopic (exact) mass is 602 g/mol. The molecule has 0 bridgehead atoms. The summed E-state index contributed by atoms with van der Waals surface area (Å²) in [5.41, 5.74) is 1.98. The Morgan fingerprint density at radius 3 is 2.33 bits per heavy atom. The van der Waals surface area contributed by atoms with Crippen LogP contribution < -0.4 is 19.3 Å². The zero-order chi connectivity index (χ0) is 29.9. The van der Waals surface area contributed by atoms with Crippen molar-refractivity contribution in [2.45, 2.75) is 0 Å². The van der Waals surface area contributed by atoms with Crippen LogP contribution in [-0.2, 0) is 0 Å². The molecule has 3 heterocycles. The van der Waals surface area contributed by atoms with Crippen molar-refractivity contribution in [2.75, 3.05) is 43.1 Å². The molecule has 1 fully saturated rings. The molecule has 6 rings (SSSR count). The first-order valence-electron chi connectivity index (χ1n) is 13.2. The van der Waals surface area contributed by atoms with Crippen molar-refractivity contribution in [3.8, 4) is 40.1 Å².